The Kier molecular flexibility index (Phi) is 2.60. The van der Waals surface area contributed by atoms with Crippen LogP contribution in [-0.4, -0.2) is 0 Å². The predicted molar refractivity (Wildman–Crippen MR) is 60.7 cm³/mol. The van der Waals surface area contributed by atoms with E-state index in [1.807, 2.05) is 25.1 Å². The van der Waals surface area contributed by atoms with Gasteiger partial charge in [-0.05, 0) is 31.0 Å². The van der Waals surface area contributed by atoms with Crippen molar-refractivity contribution in [2.45, 2.75) is 19.9 Å². The molecule has 2 N–H and O–H groups in total. The van der Waals surface area contributed by atoms with Crippen molar-refractivity contribution in [3.05, 3.63) is 59.0 Å². The van der Waals surface area contributed by atoms with Crippen molar-refractivity contribution in [3.8, 4) is 0 Å². The molecule has 1 heterocycles. The van der Waals surface area contributed by atoms with Crippen LogP contribution in [0.3, 0.4) is 0 Å². The van der Waals surface area contributed by atoms with Crippen molar-refractivity contribution < 1.29 is 4.42 Å². The highest BCUT2D eigenvalue weighted by Gasteiger charge is 2.14. The fraction of sp³-hybridized carbons (Fsp3) is 0.231. The van der Waals surface area contributed by atoms with Crippen LogP contribution in [0.5, 0.6) is 0 Å². The number of hydrogen-bond acceptors (Lipinski definition) is 2. The topological polar surface area (TPSA) is 39.2 Å². The van der Waals surface area contributed by atoms with Crippen molar-refractivity contribution in [2.75, 3.05) is 0 Å². The summed E-state index contributed by atoms with van der Waals surface area (Å²) in [5, 5.41) is 0. The van der Waals surface area contributed by atoms with Gasteiger partial charge in [0.1, 0.15) is 5.76 Å². The smallest absolute Gasteiger partial charge is 0.127 e. The van der Waals surface area contributed by atoms with Gasteiger partial charge in [-0.1, -0.05) is 29.8 Å². The molecule has 1 atom stereocenters. The highest BCUT2D eigenvalue weighted by Crippen LogP contribution is 2.23. The maximum absolute atomic E-state index is 6.14. The Morgan fingerprint density at radius 2 is 2.00 bits per heavy atom. The van der Waals surface area contributed by atoms with Gasteiger partial charge in [-0.25, -0.2) is 0 Å². The van der Waals surface area contributed by atoms with Gasteiger partial charge in [-0.15, -0.1) is 0 Å². The molecule has 0 saturated heterocycles. The van der Waals surface area contributed by atoms with E-state index < -0.39 is 0 Å². The molecule has 0 radical (unpaired) electrons. The standard InChI is InChI=1S/C13H15NO/c1-9-4-3-5-11(8-9)12(14)13-10(2)6-7-15-13/h3-8,12H,14H2,1-2H3. The van der Waals surface area contributed by atoms with E-state index in [-0.39, 0.29) is 6.04 Å². The third-order valence-corrected chi connectivity index (χ3v) is 2.59. The zero-order valence-corrected chi connectivity index (χ0v) is 9.03. The largest absolute Gasteiger partial charge is 0.467 e. The lowest BCUT2D eigenvalue weighted by molar-refractivity contribution is 0.487. The van der Waals surface area contributed by atoms with Gasteiger partial charge >= 0.3 is 0 Å². The fourth-order valence-electron chi connectivity index (χ4n) is 1.72. The maximum Gasteiger partial charge on any atom is 0.127 e. The third-order valence-electron chi connectivity index (χ3n) is 2.59. The lowest BCUT2D eigenvalue weighted by Gasteiger charge is -2.11. The Morgan fingerprint density at radius 1 is 1.20 bits per heavy atom. The molecule has 0 spiro atoms. The zero-order chi connectivity index (χ0) is 10.8. The molecule has 0 aliphatic heterocycles. The Labute approximate surface area is 89.7 Å². The number of rotatable bonds is 2. The summed E-state index contributed by atoms with van der Waals surface area (Å²) in [7, 11) is 0. The first kappa shape index (κ1) is 9.99. The third kappa shape index (κ3) is 1.95. The van der Waals surface area contributed by atoms with Crippen LogP contribution in [0.15, 0.2) is 41.0 Å². The highest BCUT2D eigenvalue weighted by atomic mass is 16.3. The summed E-state index contributed by atoms with van der Waals surface area (Å²) < 4.78 is 5.40. The van der Waals surface area contributed by atoms with Gasteiger partial charge in [-0.2, -0.15) is 0 Å². The van der Waals surface area contributed by atoms with Gasteiger partial charge < -0.3 is 10.2 Å². The van der Waals surface area contributed by atoms with Crippen molar-refractivity contribution in [2.24, 2.45) is 5.73 Å². The molecule has 15 heavy (non-hydrogen) atoms. The summed E-state index contributed by atoms with van der Waals surface area (Å²) in [5.41, 5.74) is 9.54. The average molecular weight is 201 g/mol. The van der Waals surface area contributed by atoms with E-state index >= 15 is 0 Å². The molecule has 78 valence electrons. The SMILES string of the molecule is Cc1cccc(C(N)c2occc2C)c1. The van der Waals surface area contributed by atoms with E-state index in [9.17, 15) is 0 Å². The van der Waals surface area contributed by atoms with Crippen LogP contribution >= 0.6 is 0 Å². The Bertz CT molecular complexity index is 459. The first-order valence-electron chi connectivity index (χ1n) is 5.04. The second-order valence-electron chi connectivity index (χ2n) is 3.86. The summed E-state index contributed by atoms with van der Waals surface area (Å²) in [6, 6.07) is 9.96. The molecule has 1 unspecified atom stereocenters. The van der Waals surface area contributed by atoms with Gasteiger partial charge in [0.25, 0.3) is 0 Å². The van der Waals surface area contributed by atoms with Crippen molar-refractivity contribution >= 4 is 0 Å². The Morgan fingerprint density at radius 3 is 2.60 bits per heavy atom. The molecule has 0 aliphatic rings. The van der Waals surface area contributed by atoms with E-state index in [1.54, 1.807) is 6.26 Å². The molecule has 2 nitrogen and oxygen atoms in total. The molecule has 1 aromatic heterocycles. The molecule has 2 aromatic rings. The average Bonchev–Trinajstić information content (AvgIpc) is 2.63. The quantitative estimate of drug-likeness (QED) is 0.811. The molecule has 0 saturated carbocycles. The number of hydrogen-bond donors (Lipinski definition) is 1. The van der Waals surface area contributed by atoms with Crippen LogP contribution in [0.4, 0.5) is 0 Å². The van der Waals surface area contributed by atoms with E-state index in [2.05, 4.69) is 19.1 Å². The number of furan rings is 1. The number of aryl methyl sites for hydroxylation is 2. The van der Waals surface area contributed by atoms with Crippen molar-refractivity contribution in [3.63, 3.8) is 0 Å². The number of nitrogens with two attached hydrogens (primary N) is 1. The highest BCUT2D eigenvalue weighted by molar-refractivity contribution is 5.32. The minimum Gasteiger partial charge on any atom is -0.467 e. The monoisotopic (exact) mass is 201 g/mol. The molecule has 0 aliphatic carbocycles. The van der Waals surface area contributed by atoms with Crippen LogP contribution in [0, 0.1) is 13.8 Å². The lowest BCUT2D eigenvalue weighted by Crippen LogP contribution is -2.12. The Balaban J connectivity index is 2.36. The molecule has 0 amide bonds. The van der Waals surface area contributed by atoms with E-state index in [4.69, 9.17) is 10.2 Å². The summed E-state index contributed by atoms with van der Waals surface area (Å²) in [5.74, 6) is 0.848. The van der Waals surface area contributed by atoms with Gasteiger partial charge in [0, 0.05) is 0 Å². The summed E-state index contributed by atoms with van der Waals surface area (Å²) >= 11 is 0. The molecular weight excluding hydrogens is 186 g/mol. The fourth-order valence-corrected chi connectivity index (χ4v) is 1.72. The first-order chi connectivity index (χ1) is 7.18. The van der Waals surface area contributed by atoms with Gasteiger partial charge in [0.15, 0.2) is 0 Å². The molecule has 1 aromatic carbocycles. The normalized spacial score (nSPS) is 12.7. The van der Waals surface area contributed by atoms with E-state index in [0.717, 1.165) is 16.9 Å². The molecule has 0 fully saturated rings. The van der Waals surface area contributed by atoms with E-state index in [0.29, 0.717) is 0 Å². The molecule has 2 heteroatoms. The first-order valence-corrected chi connectivity index (χ1v) is 5.04. The summed E-state index contributed by atoms with van der Waals surface area (Å²) in [6.45, 7) is 4.07. The molecular formula is C13H15NO. The van der Waals surface area contributed by atoms with Gasteiger partial charge in [-0.3, -0.25) is 0 Å². The van der Waals surface area contributed by atoms with Crippen molar-refractivity contribution in [1.29, 1.82) is 0 Å². The minimum atomic E-state index is -0.167. The maximum atomic E-state index is 6.14. The molecule has 2 rings (SSSR count). The van der Waals surface area contributed by atoms with Crippen LogP contribution in [0.1, 0.15) is 28.5 Å². The van der Waals surface area contributed by atoms with Crippen LogP contribution in [0.2, 0.25) is 0 Å². The lowest BCUT2D eigenvalue weighted by atomic mass is 10.0. The van der Waals surface area contributed by atoms with Gasteiger partial charge in [0.2, 0.25) is 0 Å². The second-order valence-corrected chi connectivity index (χ2v) is 3.86. The number of benzene rings is 1. The Hall–Kier alpha value is -1.54. The summed E-state index contributed by atoms with van der Waals surface area (Å²) in [4.78, 5) is 0. The zero-order valence-electron chi connectivity index (χ0n) is 9.03. The van der Waals surface area contributed by atoms with E-state index in [1.165, 1.54) is 5.56 Å². The van der Waals surface area contributed by atoms with Crippen molar-refractivity contribution in [1.82, 2.24) is 0 Å². The predicted octanol–water partition coefficient (Wildman–Crippen LogP) is 2.94. The van der Waals surface area contributed by atoms with Crippen LogP contribution in [-0.2, 0) is 0 Å². The second kappa shape index (κ2) is 3.91. The van der Waals surface area contributed by atoms with Crippen LogP contribution in [0.25, 0.3) is 0 Å². The summed E-state index contributed by atoms with van der Waals surface area (Å²) in [6.07, 6.45) is 1.68. The van der Waals surface area contributed by atoms with Crippen LogP contribution < -0.4 is 5.73 Å². The van der Waals surface area contributed by atoms with Gasteiger partial charge in [0.05, 0.1) is 12.3 Å². The minimum absolute atomic E-state index is 0.167. The molecule has 0 bridgehead atoms.